The van der Waals surface area contributed by atoms with E-state index < -0.39 is 5.97 Å². The molecule has 27 heavy (non-hydrogen) atoms. The number of hydrogen-bond donors (Lipinski definition) is 1. The van der Waals surface area contributed by atoms with Crippen LogP contribution in [0.25, 0.3) is 0 Å². The minimum absolute atomic E-state index is 0.0363. The van der Waals surface area contributed by atoms with Crippen molar-refractivity contribution in [3.05, 3.63) is 52.2 Å². The molecule has 0 bridgehead atoms. The van der Waals surface area contributed by atoms with Crippen LogP contribution in [0.5, 0.6) is 5.75 Å². The van der Waals surface area contributed by atoms with Crippen LogP contribution in [-0.2, 0) is 4.79 Å². The van der Waals surface area contributed by atoms with E-state index in [9.17, 15) is 14.4 Å². The SMILES string of the molecule is CC(=O)Oc1cccc(C(=O)N2CCC(CNC(=O)c3cccs3)CC2)c1. The zero-order chi connectivity index (χ0) is 19.2. The van der Waals surface area contributed by atoms with Crippen molar-refractivity contribution in [2.75, 3.05) is 19.6 Å². The van der Waals surface area contributed by atoms with E-state index in [1.807, 2.05) is 22.4 Å². The molecule has 0 unspecified atom stereocenters. The number of carbonyl (C=O) groups excluding carboxylic acids is 3. The first-order valence-electron chi connectivity index (χ1n) is 8.92. The molecular weight excluding hydrogens is 364 g/mol. The standard InChI is InChI=1S/C20H22N2O4S/c1-14(23)26-17-5-2-4-16(12-17)20(25)22-9-7-15(8-10-22)13-21-19(24)18-6-3-11-27-18/h2-6,11-12,15H,7-10,13H2,1H3,(H,21,24). The van der Waals surface area contributed by atoms with Gasteiger partial charge < -0.3 is 15.0 Å². The third-order valence-electron chi connectivity index (χ3n) is 4.54. The Balaban J connectivity index is 1.49. The van der Waals surface area contributed by atoms with Gasteiger partial charge in [0.05, 0.1) is 4.88 Å². The van der Waals surface area contributed by atoms with E-state index >= 15 is 0 Å². The summed E-state index contributed by atoms with van der Waals surface area (Å²) < 4.78 is 5.05. The lowest BCUT2D eigenvalue weighted by atomic mass is 9.96. The number of amides is 2. The number of thiophene rings is 1. The summed E-state index contributed by atoms with van der Waals surface area (Å²) in [7, 11) is 0. The molecule has 3 rings (SSSR count). The van der Waals surface area contributed by atoms with E-state index in [-0.39, 0.29) is 11.8 Å². The van der Waals surface area contributed by atoms with Crippen molar-refractivity contribution in [3.63, 3.8) is 0 Å². The third kappa shape index (κ3) is 5.17. The highest BCUT2D eigenvalue weighted by Gasteiger charge is 2.24. The molecule has 0 atom stereocenters. The molecule has 6 nitrogen and oxygen atoms in total. The summed E-state index contributed by atoms with van der Waals surface area (Å²) in [6, 6.07) is 10.4. The fourth-order valence-electron chi connectivity index (χ4n) is 3.11. The second-order valence-electron chi connectivity index (χ2n) is 6.54. The number of benzene rings is 1. The summed E-state index contributed by atoms with van der Waals surface area (Å²) in [6.45, 7) is 3.25. The number of piperidine rings is 1. The molecule has 0 spiro atoms. The van der Waals surface area contributed by atoms with Gasteiger partial charge in [0.2, 0.25) is 0 Å². The minimum Gasteiger partial charge on any atom is -0.427 e. The summed E-state index contributed by atoms with van der Waals surface area (Å²) >= 11 is 1.43. The van der Waals surface area contributed by atoms with Crippen molar-refractivity contribution < 1.29 is 19.1 Å². The highest BCUT2D eigenvalue weighted by molar-refractivity contribution is 7.12. The number of nitrogens with zero attached hydrogens (tertiary/aromatic N) is 1. The Kier molecular flexibility index (Phi) is 6.24. The van der Waals surface area contributed by atoms with Gasteiger partial charge in [-0.1, -0.05) is 12.1 Å². The maximum Gasteiger partial charge on any atom is 0.308 e. The summed E-state index contributed by atoms with van der Waals surface area (Å²) in [5.41, 5.74) is 0.512. The maximum absolute atomic E-state index is 12.7. The van der Waals surface area contributed by atoms with E-state index in [1.165, 1.54) is 18.3 Å². The summed E-state index contributed by atoms with van der Waals surface area (Å²) in [6.07, 6.45) is 1.69. The van der Waals surface area contributed by atoms with Crippen LogP contribution in [-0.4, -0.2) is 42.3 Å². The predicted molar refractivity (Wildman–Crippen MR) is 103 cm³/mol. The second-order valence-corrected chi connectivity index (χ2v) is 7.49. The van der Waals surface area contributed by atoms with Crippen LogP contribution in [0.2, 0.25) is 0 Å². The van der Waals surface area contributed by atoms with Crippen molar-refractivity contribution in [1.29, 1.82) is 0 Å². The molecule has 1 aliphatic heterocycles. The van der Waals surface area contributed by atoms with Gasteiger partial charge >= 0.3 is 5.97 Å². The minimum atomic E-state index is -0.412. The Labute approximate surface area is 162 Å². The van der Waals surface area contributed by atoms with Crippen LogP contribution < -0.4 is 10.1 Å². The average molecular weight is 386 g/mol. The van der Waals surface area contributed by atoms with Crippen molar-refractivity contribution >= 4 is 29.1 Å². The van der Waals surface area contributed by atoms with Crippen LogP contribution in [0.1, 0.15) is 39.8 Å². The van der Waals surface area contributed by atoms with Gasteiger partial charge in [0.25, 0.3) is 11.8 Å². The molecule has 1 aromatic heterocycles. The van der Waals surface area contributed by atoms with Crippen LogP contribution in [0.3, 0.4) is 0 Å². The average Bonchev–Trinajstić information content (AvgIpc) is 3.20. The number of likely N-dealkylation sites (tertiary alicyclic amines) is 1. The summed E-state index contributed by atoms with van der Waals surface area (Å²) in [4.78, 5) is 38.3. The highest BCUT2D eigenvalue weighted by Crippen LogP contribution is 2.21. The zero-order valence-electron chi connectivity index (χ0n) is 15.1. The lowest BCUT2D eigenvalue weighted by molar-refractivity contribution is -0.131. The lowest BCUT2D eigenvalue weighted by Gasteiger charge is -2.32. The van der Waals surface area contributed by atoms with E-state index in [4.69, 9.17) is 4.74 Å². The molecule has 0 radical (unpaired) electrons. The van der Waals surface area contributed by atoms with Gasteiger partial charge in [-0.3, -0.25) is 14.4 Å². The van der Waals surface area contributed by atoms with Crippen LogP contribution in [0, 0.1) is 5.92 Å². The maximum atomic E-state index is 12.7. The van der Waals surface area contributed by atoms with Crippen molar-refractivity contribution in [1.82, 2.24) is 10.2 Å². The number of esters is 1. The molecule has 7 heteroatoms. The van der Waals surface area contributed by atoms with Crippen molar-refractivity contribution in [2.45, 2.75) is 19.8 Å². The molecule has 0 aliphatic carbocycles. The largest absolute Gasteiger partial charge is 0.427 e. The number of ether oxygens (including phenoxy) is 1. The lowest BCUT2D eigenvalue weighted by Crippen LogP contribution is -2.41. The Hall–Kier alpha value is -2.67. The van der Waals surface area contributed by atoms with Gasteiger partial charge in [-0.2, -0.15) is 0 Å². The number of hydrogen-bond acceptors (Lipinski definition) is 5. The molecule has 1 aromatic carbocycles. The Morgan fingerprint density at radius 2 is 1.96 bits per heavy atom. The molecule has 1 fully saturated rings. The number of rotatable bonds is 5. The van der Waals surface area contributed by atoms with Crippen LogP contribution in [0.15, 0.2) is 41.8 Å². The third-order valence-corrected chi connectivity index (χ3v) is 5.41. The van der Waals surface area contributed by atoms with Gasteiger partial charge in [-0.25, -0.2) is 0 Å². The molecule has 1 saturated heterocycles. The Morgan fingerprint density at radius 1 is 1.19 bits per heavy atom. The van der Waals surface area contributed by atoms with Gasteiger partial charge in [0.15, 0.2) is 0 Å². The first-order valence-corrected chi connectivity index (χ1v) is 9.80. The molecule has 2 aromatic rings. The van der Waals surface area contributed by atoms with E-state index in [0.717, 1.165) is 17.7 Å². The zero-order valence-corrected chi connectivity index (χ0v) is 16.0. The quantitative estimate of drug-likeness (QED) is 0.633. The first-order chi connectivity index (χ1) is 13.0. The first kappa shape index (κ1) is 19.1. The van der Waals surface area contributed by atoms with E-state index in [1.54, 1.807) is 24.3 Å². The van der Waals surface area contributed by atoms with Gasteiger partial charge in [-0.05, 0) is 48.4 Å². The van der Waals surface area contributed by atoms with Crippen LogP contribution >= 0.6 is 11.3 Å². The fourth-order valence-corrected chi connectivity index (χ4v) is 3.75. The Bertz CT molecular complexity index is 811. The summed E-state index contributed by atoms with van der Waals surface area (Å²) in [5, 5.41) is 4.86. The Morgan fingerprint density at radius 3 is 2.63 bits per heavy atom. The van der Waals surface area contributed by atoms with Gasteiger partial charge in [0.1, 0.15) is 5.75 Å². The normalized spacial score (nSPS) is 14.6. The monoisotopic (exact) mass is 386 g/mol. The summed E-state index contributed by atoms with van der Waals surface area (Å²) in [5.74, 6) is 0.228. The molecule has 2 heterocycles. The molecule has 2 amide bonds. The fraction of sp³-hybridized carbons (Fsp3) is 0.350. The molecule has 1 N–H and O–H groups in total. The van der Waals surface area contributed by atoms with Crippen LogP contribution in [0.4, 0.5) is 0 Å². The molecule has 0 saturated carbocycles. The van der Waals surface area contributed by atoms with Crippen molar-refractivity contribution in [3.8, 4) is 5.75 Å². The molecule has 1 aliphatic rings. The molecular formula is C20H22N2O4S. The van der Waals surface area contributed by atoms with E-state index in [0.29, 0.717) is 36.9 Å². The van der Waals surface area contributed by atoms with Crippen molar-refractivity contribution in [2.24, 2.45) is 5.92 Å². The topological polar surface area (TPSA) is 75.7 Å². The van der Waals surface area contributed by atoms with Gasteiger partial charge in [-0.15, -0.1) is 11.3 Å². The molecule has 142 valence electrons. The van der Waals surface area contributed by atoms with E-state index in [2.05, 4.69) is 5.32 Å². The highest BCUT2D eigenvalue weighted by atomic mass is 32.1. The second kappa shape index (κ2) is 8.81. The predicted octanol–water partition coefficient (Wildman–Crippen LogP) is 2.96. The smallest absolute Gasteiger partial charge is 0.308 e. The van der Waals surface area contributed by atoms with Gasteiger partial charge in [0, 0.05) is 32.1 Å². The number of carbonyl (C=O) groups is 3. The number of nitrogens with one attached hydrogen (secondary N) is 1.